The SMILES string of the molecule is CC1CC(Nc2nc(C3CC3)nc3c2CCC3)CCN1Cc1ccccc1. The maximum Gasteiger partial charge on any atom is 0.134 e. The zero-order valence-corrected chi connectivity index (χ0v) is 16.3. The number of nitrogens with one attached hydrogen (secondary N) is 1. The van der Waals surface area contributed by atoms with E-state index in [-0.39, 0.29) is 0 Å². The molecule has 1 N–H and O–H groups in total. The van der Waals surface area contributed by atoms with E-state index in [2.05, 4.69) is 47.5 Å². The Balaban J connectivity index is 1.26. The average molecular weight is 363 g/mol. The topological polar surface area (TPSA) is 41.1 Å². The van der Waals surface area contributed by atoms with Crippen molar-refractivity contribution in [2.45, 2.75) is 76.4 Å². The molecule has 142 valence electrons. The Bertz CT molecular complexity index is 800. The van der Waals surface area contributed by atoms with Crippen molar-refractivity contribution < 1.29 is 0 Å². The van der Waals surface area contributed by atoms with Crippen molar-refractivity contribution >= 4 is 5.82 Å². The van der Waals surface area contributed by atoms with Crippen LogP contribution < -0.4 is 5.32 Å². The lowest BCUT2D eigenvalue weighted by molar-refractivity contribution is 0.144. The Morgan fingerprint density at radius 2 is 1.93 bits per heavy atom. The third kappa shape index (κ3) is 3.73. The maximum atomic E-state index is 4.98. The van der Waals surface area contributed by atoms with Crippen LogP contribution >= 0.6 is 0 Å². The van der Waals surface area contributed by atoms with Gasteiger partial charge in [-0.1, -0.05) is 30.3 Å². The Kier molecular flexibility index (Phi) is 4.60. The van der Waals surface area contributed by atoms with Gasteiger partial charge in [0, 0.05) is 42.3 Å². The molecule has 4 heteroatoms. The highest BCUT2D eigenvalue weighted by atomic mass is 15.2. The highest BCUT2D eigenvalue weighted by molar-refractivity contribution is 5.50. The summed E-state index contributed by atoms with van der Waals surface area (Å²) in [6.07, 6.45) is 8.43. The van der Waals surface area contributed by atoms with Gasteiger partial charge in [-0.2, -0.15) is 0 Å². The summed E-state index contributed by atoms with van der Waals surface area (Å²) in [5, 5.41) is 3.84. The lowest BCUT2D eigenvalue weighted by atomic mass is 9.97. The normalized spacial score (nSPS) is 25.4. The predicted molar refractivity (Wildman–Crippen MR) is 109 cm³/mol. The number of benzene rings is 1. The van der Waals surface area contributed by atoms with Crippen LogP contribution in [0.3, 0.4) is 0 Å². The molecule has 2 aromatic rings. The van der Waals surface area contributed by atoms with Crippen LogP contribution in [0, 0.1) is 0 Å². The second-order valence-corrected chi connectivity index (χ2v) is 8.65. The predicted octanol–water partition coefficient (Wildman–Crippen LogP) is 4.31. The largest absolute Gasteiger partial charge is 0.367 e. The van der Waals surface area contributed by atoms with Crippen LogP contribution in [0.1, 0.15) is 67.6 Å². The third-order valence-electron chi connectivity index (χ3n) is 6.48. The van der Waals surface area contributed by atoms with E-state index in [0.717, 1.165) is 37.6 Å². The molecule has 2 heterocycles. The second kappa shape index (κ2) is 7.23. The molecule has 4 nitrogen and oxygen atoms in total. The van der Waals surface area contributed by atoms with Crippen molar-refractivity contribution in [2.24, 2.45) is 0 Å². The summed E-state index contributed by atoms with van der Waals surface area (Å²) in [5.74, 6) is 2.89. The van der Waals surface area contributed by atoms with Crippen LogP contribution in [-0.2, 0) is 19.4 Å². The number of hydrogen-bond acceptors (Lipinski definition) is 4. The molecule has 2 unspecified atom stereocenters. The number of anilines is 1. The minimum Gasteiger partial charge on any atom is -0.367 e. The van der Waals surface area contributed by atoms with E-state index in [0.29, 0.717) is 18.0 Å². The molecule has 1 aliphatic heterocycles. The Morgan fingerprint density at radius 3 is 2.70 bits per heavy atom. The van der Waals surface area contributed by atoms with Crippen molar-refractivity contribution in [3.05, 3.63) is 53.0 Å². The summed E-state index contributed by atoms with van der Waals surface area (Å²) in [6.45, 7) is 4.58. The fourth-order valence-electron chi connectivity index (χ4n) is 4.69. The number of fused-ring (bicyclic) bond motifs is 1. The average Bonchev–Trinajstić information content (AvgIpc) is 3.42. The minimum absolute atomic E-state index is 0.527. The van der Waals surface area contributed by atoms with Gasteiger partial charge in [0.15, 0.2) is 0 Å². The molecule has 1 saturated carbocycles. The van der Waals surface area contributed by atoms with Crippen molar-refractivity contribution in [2.75, 3.05) is 11.9 Å². The molecule has 3 aliphatic rings. The number of piperidine rings is 1. The van der Waals surface area contributed by atoms with Crippen LogP contribution in [0.15, 0.2) is 30.3 Å². The molecular weight excluding hydrogens is 332 g/mol. The monoisotopic (exact) mass is 362 g/mol. The Hall–Kier alpha value is -1.94. The van der Waals surface area contributed by atoms with E-state index in [1.54, 1.807) is 0 Å². The Labute approximate surface area is 162 Å². The molecule has 0 amide bonds. The standard InChI is InChI=1S/C23H30N4/c1-16-14-19(12-13-27(16)15-17-6-3-2-4-7-17)24-23-20-8-5-9-21(20)25-22(26-23)18-10-11-18/h2-4,6-7,16,18-19H,5,8-15H2,1H3,(H,24,25,26). The van der Waals surface area contributed by atoms with Crippen LogP contribution in [0.4, 0.5) is 5.82 Å². The first kappa shape index (κ1) is 17.2. The summed E-state index contributed by atoms with van der Waals surface area (Å²) < 4.78 is 0. The molecule has 0 radical (unpaired) electrons. The number of likely N-dealkylation sites (tertiary alicyclic amines) is 1. The summed E-state index contributed by atoms with van der Waals surface area (Å²) in [4.78, 5) is 12.5. The highest BCUT2D eigenvalue weighted by Gasteiger charge is 2.31. The van der Waals surface area contributed by atoms with Crippen molar-refractivity contribution in [1.82, 2.24) is 14.9 Å². The molecule has 5 rings (SSSR count). The molecule has 0 spiro atoms. The lowest BCUT2D eigenvalue weighted by Crippen LogP contribution is -2.44. The zero-order valence-electron chi connectivity index (χ0n) is 16.3. The van der Waals surface area contributed by atoms with E-state index in [4.69, 9.17) is 9.97 Å². The van der Waals surface area contributed by atoms with Gasteiger partial charge in [0.2, 0.25) is 0 Å². The van der Waals surface area contributed by atoms with Gasteiger partial charge in [-0.3, -0.25) is 4.90 Å². The molecule has 2 atom stereocenters. The molecule has 1 aromatic heterocycles. The van der Waals surface area contributed by atoms with Gasteiger partial charge < -0.3 is 5.32 Å². The summed E-state index contributed by atoms with van der Waals surface area (Å²) >= 11 is 0. The van der Waals surface area contributed by atoms with Gasteiger partial charge in [-0.05, 0) is 57.4 Å². The maximum absolute atomic E-state index is 4.98. The van der Waals surface area contributed by atoms with E-state index in [1.165, 1.54) is 48.9 Å². The molecule has 1 saturated heterocycles. The molecule has 2 aliphatic carbocycles. The lowest BCUT2D eigenvalue weighted by Gasteiger charge is -2.38. The van der Waals surface area contributed by atoms with Crippen LogP contribution in [0.5, 0.6) is 0 Å². The first-order chi connectivity index (χ1) is 13.3. The van der Waals surface area contributed by atoms with Crippen LogP contribution in [0.2, 0.25) is 0 Å². The van der Waals surface area contributed by atoms with Gasteiger partial charge in [-0.15, -0.1) is 0 Å². The fraction of sp³-hybridized carbons (Fsp3) is 0.565. The summed E-state index contributed by atoms with van der Waals surface area (Å²) in [7, 11) is 0. The van der Waals surface area contributed by atoms with Gasteiger partial charge in [-0.25, -0.2) is 9.97 Å². The van der Waals surface area contributed by atoms with E-state index in [1.807, 2.05) is 0 Å². The summed E-state index contributed by atoms with van der Waals surface area (Å²) in [6, 6.07) is 12.0. The van der Waals surface area contributed by atoms with Gasteiger partial charge in [0.05, 0.1) is 0 Å². The van der Waals surface area contributed by atoms with Gasteiger partial charge in [0.1, 0.15) is 11.6 Å². The number of hydrogen-bond donors (Lipinski definition) is 1. The fourth-order valence-corrected chi connectivity index (χ4v) is 4.69. The smallest absolute Gasteiger partial charge is 0.134 e. The van der Waals surface area contributed by atoms with Gasteiger partial charge in [0.25, 0.3) is 0 Å². The zero-order chi connectivity index (χ0) is 18.2. The second-order valence-electron chi connectivity index (χ2n) is 8.65. The van der Waals surface area contributed by atoms with Crippen LogP contribution in [0.25, 0.3) is 0 Å². The highest BCUT2D eigenvalue weighted by Crippen LogP contribution is 2.40. The molecule has 27 heavy (non-hydrogen) atoms. The van der Waals surface area contributed by atoms with Crippen molar-refractivity contribution in [3.63, 3.8) is 0 Å². The first-order valence-corrected chi connectivity index (χ1v) is 10.7. The number of aryl methyl sites for hydroxylation is 1. The van der Waals surface area contributed by atoms with Crippen molar-refractivity contribution in [1.29, 1.82) is 0 Å². The molecule has 0 bridgehead atoms. The molecule has 2 fully saturated rings. The minimum atomic E-state index is 0.527. The summed E-state index contributed by atoms with van der Waals surface area (Å²) in [5.41, 5.74) is 4.14. The van der Waals surface area contributed by atoms with Gasteiger partial charge >= 0.3 is 0 Å². The van der Waals surface area contributed by atoms with Crippen LogP contribution in [-0.4, -0.2) is 33.5 Å². The number of aromatic nitrogens is 2. The Morgan fingerprint density at radius 1 is 1.07 bits per heavy atom. The van der Waals surface area contributed by atoms with E-state index < -0.39 is 0 Å². The van der Waals surface area contributed by atoms with Crippen molar-refractivity contribution in [3.8, 4) is 0 Å². The molecular formula is C23H30N4. The third-order valence-corrected chi connectivity index (χ3v) is 6.48. The number of nitrogens with zero attached hydrogens (tertiary/aromatic N) is 3. The van der Waals surface area contributed by atoms with E-state index in [9.17, 15) is 0 Å². The number of rotatable bonds is 5. The van der Waals surface area contributed by atoms with E-state index >= 15 is 0 Å². The molecule has 1 aromatic carbocycles. The first-order valence-electron chi connectivity index (χ1n) is 10.7. The quantitative estimate of drug-likeness (QED) is 0.861.